The fraction of sp³-hybridized carbons (Fsp3) is 0.158. The molecule has 9 heteroatoms. The molecule has 0 radical (unpaired) electrons. The fourth-order valence-electron chi connectivity index (χ4n) is 3.09. The van der Waals surface area contributed by atoms with Gasteiger partial charge in [0.15, 0.2) is 5.65 Å². The molecule has 2 aromatic heterocycles. The van der Waals surface area contributed by atoms with E-state index in [9.17, 15) is 13.2 Å². The van der Waals surface area contributed by atoms with Gasteiger partial charge in [0.25, 0.3) is 10.0 Å². The van der Waals surface area contributed by atoms with Crippen molar-refractivity contribution < 1.29 is 22.7 Å². The maximum atomic E-state index is 13.5. The van der Waals surface area contributed by atoms with Crippen molar-refractivity contribution >= 4 is 32.7 Å². The molecular weight excluding hydrogens is 382 g/mol. The molecule has 2 aromatic carbocycles. The van der Waals surface area contributed by atoms with E-state index in [0.29, 0.717) is 16.8 Å². The third kappa shape index (κ3) is 2.63. The number of esters is 1. The van der Waals surface area contributed by atoms with E-state index in [1.165, 1.54) is 30.0 Å². The molecule has 4 aromatic rings. The van der Waals surface area contributed by atoms with E-state index in [-0.39, 0.29) is 22.7 Å². The average molecular weight is 399 g/mol. The van der Waals surface area contributed by atoms with Crippen molar-refractivity contribution in [1.29, 1.82) is 0 Å². The Kier molecular flexibility index (Phi) is 4.31. The molecule has 0 aliphatic carbocycles. The van der Waals surface area contributed by atoms with E-state index < -0.39 is 16.0 Å². The second-order valence-corrected chi connectivity index (χ2v) is 7.73. The summed E-state index contributed by atoms with van der Waals surface area (Å²) < 4.78 is 39.7. The first kappa shape index (κ1) is 18.1. The van der Waals surface area contributed by atoms with E-state index in [4.69, 9.17) is 9.47 Å². The zero-order valence-electron chi connectivity index (χ0n) is 15.2. The first-order chi connectivity index (χ1) is 13.5. The molecule has 0 atom stereocenters. The van der Waals surface area contributed by atoms with Crippen LogP contribution >= 0.6 is 0 Å². The lowest BCUT2D eigenvalue weighted by Crippen LogP contribution is -2.15. The topological polar surface area (TPSA) is 91.9 Å². The number of ether oxygens (including phenoxy) is 2. The summed E-state index contributed by atoms with van der Waals surface area (Å²) in [7, 11) is -2.52. The van der Waals surface area contributed by atoms with Crippen LogP contribution in [-0.4, -0.2) is 41.7 Å². The molecule has 144 valence electrons. The van der Waals surface area contributed by atoms with Gasteiger partial charge in [-0.2, -0.15) is 5.10 Å². The lowest BCUT2D eigenvalue weighted by Gasteiger charge is -2.09. The molecule has 0 aliphatic heterocycles. The van der Waals surface area contributed by atoms with Crippen LogP contribution in [0.3, 0.4) is 0 Å². The number of aromatic nitrogens is 3. The van der Waals surface area contributed by atoms with Crippen molar-refractivity contribution in [2.45, 2.75) is 11.8 Å². The van der Waals surface area contributed by atoms with Gasteiger partial charge in [0.05, 0.1) is 35.8 Å². The predicted octanol–water partition coefficient (Wildman–Crippen LogP) is 2.71. The lowest BCUT2D eigenvalue weighted by atomic mass is 10.3. The molecule has 2 heterocycles. The number of benzene rings is 2. The standard InChI is InChI=1S/C19H17N3O5S/c1-3-27-19(23)15-12-20-21-16-6-4-5-7-17(16)22(18(15)21)28(24,25)14-10-8-13(26-2)9-11-14/h4-12H,3H2,1-2H3. The van der Waals surface area contributed by atoms with E-state index >= 15 is 0 Å². The molecule has 8 nitrogen and oxygen atoms in total. The molecular formula is C19H17N3O5S. The van der Waals surface area contributed by atoms with Crippen molar-refractivity contribution in [3.63, 3.8) is 0 Å². The minimum Gasteiger partial charge on any atom is -0.497 e. The second kappa shape index (κ2) is 6.68. The van der Waals surface area contributed by atoms with Gasteiger partial charge in [0, 0.05) is 0 Å². The minimum absolute atomic E-state index is 0.0626. The Morgan fingerprint density at radius 2 is 1.75 bits per heavy atom. The van der Waals surface area contributed by atoms with Gasteiger partial charge in [-0.15, -0.1) is 0 Å². The molecule has 0 unspecified atom stereocenters. The number of hydrogen-bond acceptors (Lipinski definition) is 6. The lowest BCUT2D eigenvalue weighted by molar-refractivity contribution is 0.0528. The molecule has 0 aliphatic rings. The maximum absolute atomic E-state index is 13.5. The van der Waals surface area contributed by atoms with Crippen LogP contribution in [0.2, 0.25) is 0 Å². The van der Waals surface area contributed by atoms with Gasteiger partial charge in [-0.3, -0.25) is 0 Å². The van der Waals surface area contributed by atoms with E-state index in [1.54, 1.807) is 43.3 Å². The van der Waals surface area contributed by atoms with Crippen LogP contribution in [0.5, 0.6) is 5.75 Å². The Bertz CT molecular complexity index is 1290. The molecule has 0 N–H and O–H groups in total. The van der Waals surface area contributed by atoms with Crippen molar-refractivity contribution in [3.05, 3.63) is 60.3 Å². The molecule has 0 bridgehead atoms. The molecule has 28 heavy (non-hydrogen) atoms. The quantitative estimate of drug-likeness (QED) is 0.479. The number of imidazole rings is 1. The first-order valence-corrected chi connectivity index (χ1v) is 9.97. The summed E-state index contributed by atoms with van der Waals surface area (Å²) in [5, 5.41) is 4.22. The molecule has 0 spiro atoms. The Balaban J connectivity index is 2.05. The summed E-state index contributed by atoms with van der Waals surface area (Å²) in [6.45, 7) is 1.85. The van der Waals surface area contributed by atoms with E-state index in [1.807, 2.05) is 0 Å². The highest BCUT2D eigenvalue weighted by atomic mass is 32.2. The minimum atomic E-state index is -4.02. The molecule has 0 fully saturated rings. The van der Waals surface area contributed by atoms with Crippen molar-refractivity contribution in [1.82, 2.24) is 13.6 Å². The van der Waals surface area contributed by atoms with E-state index in [2.05, 4.69) is 5.10 Å². The van der Waals surface area contributed by atoms with Gasteiger partial charge < -0.3 is 9.47 Å². The Hall–Kier alpha value is -3.33. The molecule has 0 amide bonds. The second-order valence-electron chi connectivity index (χ2n) is 5.95. The average Bonchev–Trinajstić information content (AvgIpc) is 3.26. The summed E-state index contributed by atoms with van der Waals surface area (Å²) in [6, 6.07) is 13.0. The summed E-state index contributed by atoms with van der Waals surface area (Å²) in [5.74, 6) is -0.0930. The van der Waals surface area contributed by atoms with Gasteiger partial charge in [-0.25, -0.2) is 21.7 Å². The van der Waals surface area contributed by atoms with Crippen molar-refractivity contribution in [3.8, 4) is 5.75 Å². The van der Waals surface area contributed by atoms with Crippen LogP contribution in [0.4, 0.5) is 0 Å². The number of fused-ring (bicyclic) bond motifs is 3. The van der Waals surface area contributed by atoms with Crippen molar-refractivity contribution in [2.75, 3.05) is 13.7 Å². The normalized spacial score (nSPS) is 11.8. The highest BCUT2D eigenvalue weighted by Crippen LogP contribution is 2.29. The number of hydrogen-bond donors (Lipinski definition) is 0. The van der Waals surface area contributed by atoms with E-state index in [0.717, 1.165) is 3.97 Å². The fourth-order valence-corrected chi connectivity index (χ4v) is 4.60. The number of nitrogens with zero attached hydrogens (tertiary/aromatic N) is 3. The van der Waals surface area contributed by atoms with Crippen LogP contribution in [0.15, 0.2) is 59.6 Å². The van der Waals surface area contributed by atoms with Crippen molar-refractivity contribution in [2.24, 2.45) is 0 Å². The third-order valence-corrected chi connectivity index (χ3v) is 6.08. The summed E-state index contributed by atoms with van der Waals surface area (Å²) in [5.41, 5.74) is 1.18. The number of rotatable bonds is 5. The van der Waals surface area contributed by atoms with Crippen LogP contribution in [0.25, 0.3) is 16.7 Å². The maximum Gasteiger partial charge on any atom is 0.343 e. The van der Waals surface area contributed by atoms with Gasteiger partial charge in [-0.05, 0) is 43.3 Å². The zero-order valence-corrected chi connectivity index (χ0v) is 16.0. The highest BCUT2D eigenvalue weighted by molar-refractivity contribution is 7.90. The first-order valence-electron chi connectivity index (χ1n) is 8.53. The number of methoxy groups -OCH3 is 1. The zero-order chi connectivity index (χ0) is 19.9. The third-order valence-electron chi connectivity index (χ3n) is 4.36. The number of carbonyl (C=O) groups is 1. The Morgan fingerprint density at radius 1 is 1.07 bits per heavy atom. The van der Waals surface area contributed by atoms with Gasteiger partial charge in [-0.1, -0.05) is 12.1 Å². The Morgan fingerprint density at radius 3 is 2.39 bits per heavy atom. The van der Waals surface area contributed by atoms with Crippen LogP contribution < -0.4 is 4.74 Å². The summed E-state index contributed by atoms with van der Waals surface area (Å²) in [6.07, 6.45) is 1.32. The number of para-hydroxylation sites is 2. The smallest absolute Gasteiger partial charge is 0.343 e. The number of carbonyl (C=O) groups excluding carboxylic acids is 1. The van der Waals surface area contributed by atoms with Crippen LogP contribution in [0, 0.1) is 0 Å². The largest absolute Gasteiger partial charge is 0.497 e. The van der Waals surface area contributed by atoms with Crippen LogP contribution in [-0.2, 0) is 14.8 Å². The molecule has 4 rings (SSSR count). The summed E-state index contributed by atoms with van der Waals surface area (Å²) >= 11 is 0. The van der Waals surface area contributed by atoms with Crippen LogP contribution in [0.1, 0.15) is 17.3 Å². The highest BCUT2D eigenvalue weighted by Gasteiger charge is 2.28. The van der Waals surface area contributed by atoms with Gasteiger partial charge >= 0.3 is 5.97 Å². The molecule has 0 saturated carbocycles. The Labute approximate surface area is 161 Å². The SMILES string of the molecule is CCOC(=O)c1cnn2c3ccccc3n(S(=O)(=O)c3ccc(OC)cc3)c12. The van der Waals surface area contributed by atoms with Gasteiger partial charge in [0.2, 0.25) is 0 Å². The summed E-state index contributed by atoms with van der Waals surface area (Å²) in [4.78, 5) is 12.5. The predicted molar refractivity (Wildman–Crippen MR) is 102 cm³/mol. The van der Waals surface area contributed by atoms with Gasteiger partial charge in [0.1, 0.15) is 11.3 Å². The molecule has 0 saturated heterocycles. The monoisotopic (exact) mass is 399 g/mol.